The van der Waals surface area contributed by atoms with Crippen molar-refractivity contribution in [3.05, 3.63) is 68.6 Å². The molecule has 1 amide bonds. The van der Waals surface area contributed by atoms with Crippen LogP contribution < -0.4 is 20.1 Å². The molecular formula is C21H18Cl3N5O3. The van der Waals surface area contributed by atoms with Gasteiger partial charge in [0.1, 0.15) is 23.9 Å². The monoisotopic (exact) mass is 493 g/mol. The van der Waals surface area contributed by atoms with E-state index in [0.717, 1.165) is 0 Å². The van der Waals surface area contributed by atoms with Gasteiger partial charge < -0.3 is 20.1 Å². The molecule has 1 aliphatic heterocycles. The first-order chi connectivity index (χ1) is 15.3. The SMILES string of the molecule is COc1cc(NC(=O)C2=C(C)Nc3ncnn3[C@H]2c2ccc(Cl)cc2Cl)c(OC)cc1Cl. The van der Waals surface area contributed by atoms with Crippen molar-refractivity contribution < 1.29 is 14.3 Å². The number of rotatable bonds is 5. The lowest BCUT2D eigenvalue weighted by Gasteiger charge is -2.29. The first kappa shape index (κ1) is 22.3. The average Bonchev–Trinajstić information content (AvgIpc) is 3.22. The topological polar surface area (TPSA) is 90.3 Å². The molecular weight excluding hydrogens is 477 g/mol. The molecule has 1 aliphatic rings. The molecule has 32 heavy (non-hydrogen) atoms. The average molecular weight is 495 g/mol. The maximum absolute atomic E-state index is 13.6. The molecule has 2 N–H and O–H groups in total. The van der Waals surface area contributed by atoms with Gasteiger partial charge in [-0.3, -0.25) is 4.79 Å². The summed E-state index contributed by atoms with van der Waals surface area (Å²) in [7, 11) is 2.97. The summed E-state index contributed by atoms with van der Waals surface area (Å²) in [4.78, 5) is 17.8. The van der Waals surface area contributed by atoms with E-state index in [1.165, 1.54) is 20.5 Å². The molecule has 0 saturated heterocycles. The highest BCUT2D eigenvalue weighted by molar-refractivity contribution is 6.35. The van der Waals surface area contributed by atoms with Crippen LogP contribution in [0.2, 0.25) is 15.1 Å². The minimum atomic E-state index is -0.640. The number of hydrogen-bond donors (Lipinski definition) is 2. The lowest BCUT2D eigenvalue weighted by Crippen LogP contribution is -2.31. The summed E-state index contributed by atoms with van der Waals surface area (Å²) in [5, 5.41) is 11.5. The molecule has 0 fully saturated rings. The maximum Gasteiger partial charge on any atom is 0.255 e. The van der Waals surface area contributed by atoms with Gasteiger partial charge in [0.15, 0.2) is 0 Å². The highest BCUT2D eigenvalue weighted by Crippen LogP contribution is 2.40. The molecule has 0 saturated carbocycles. The number of anilines is 2. The quantitative estimate of drug-likeness (QED) is 0.508. The Kier molecular flexibility index (Phi) is 6.19. The van der Waals surface area contributed by atoms with E-state index in [1.807, 2.05) is 0 Å². The van der Waals surface area contributed by atoms with Crippen LogP contribution in [0.4, 0.5) is 11.6 Å². The van der Waals surface area contributed by atoms with Crippen LogP contribution in [0.15, 0.2) is 47.9 Å². The molecule has 2 heterocycles. The van der Waals surface area contributed by atoms with E-state index >= 15 is 0 Å². The largest absolute Gasteiger partial charge is 0.495 e. The summed E-state index contributed by atoms with van der Waals surface area (Å²) in [5.74, 6) is 0.871. The number of hydrogen-bond acceptors (Lipinski definition) is 6. The number of halogens is 3. The van der Waals surface area contributed by atoms with E-state index in [-0.39, 0.29) is 0 Å². The Morgan fingerprint density at radius 3 is 2.53 bits per heavy atom. The summed E-state index contributed by atoms with van der Waals surface area (Å²) >= 11 is 18.8. The minimum absolute atomic E-state index is 0.357. The van der Waals surface area contributed by atoms with Crippen LogP contribution in [0.3, 0.4) is 0 Å². The number of amides is 1. The van der Waals surface area contributed by atoms with Gasteiger partial charge >= 0.3 is 0 Å². The van der Waals surface area contributed by atoms with Crippen LogP contribution in [0.25, 0.3) is 0 Å². The Hall–Kier alpha value is -2.94. The molecule has 1 aromatic heterocycles. The second-order valence-corrected chi connectivity index (χ2v) is 8.15. The van der Waals surface area contributed by atoms with Gasteiger partial charge in [-0.05, 0) is 19.1 Å². The lowest BCUT2D eigenvalue weighted by atomic mass is 9.95. The third-order valence-corrected chi connectivity index (χ3v) is 5.88. The third kappa shape index (κ3) is 3.97. The fraction of sp³-hybridized carbons (Fsp3) is 0.190. The Morgan fingerprint density at radius 2 is 1.84 bits per heavy atom. The number of methoxy groups -OCH3 is 2. The molecule has 0 unspecified atom stereocenters. The normalized spacial score (nSPS) is 15.1. The van der Waals surface area contributed by atoms with E-state index in [9.17, 15) is 4.79 Å². The van der Waals surface area contributed by atoms with Crippen LogP contribution in [-0.2, 0) is 4.79 Å². The summed E-state index contributed by atoms with van der Waals surface area (Å²) in [6.07, 6.45) is 1.40. The van der Waals surface area contributed by atoms with Crippen LogP contribution in [0.5, 0.6) is 11.5 Å². The van der Waals surface area contributed by atoms with Gasteiger partial charge in [-0.1, -0.05) is 40.9 Å². The van der Waals surface area contributed by atoms with Gasteiger partial charge in [-0.15, -0.1) is 0 Å². The highest BCUT2D eigenvalue weighted by Gasteiger charge is 2.35. The summed E-state index contributed by atoms with van der Waals surface area (Å²) in [5.41, 5.74) is 2.03. The smallest absolute Gasteiger partial charge is 0.255 e. The molecule has 2 aromatic carbocycles. The molecule has 8 nitrogen and oxygen atoms in total. The number of nitrogens with zero attached hydrogens (tertiary/aromatic N) is 3. The molecule has 0 spiro atoms. The second-order valence-electron chi connectivity index (χ2n) is 6.90. The van der Waals surface area contributed by atoms with Crippen LogP contribution in [0.1, 0.15) is 18.5 Å². The van der Waals surface area contributed by atoms with Gasteiger partial charge in [0.05, 0.1) is 30.5 Å². The van der Waals surface area contributed by atoms with E-state index in [1.54, 1.807) is 41.9 Å². The second kappa shape index (κ2) is 8.90. The zero-order valence-corrected chi connectivity index (χ0v) is 19.5. The highest BCUT2D eigenvalue weighted by atomic mass is 35.5. The summed E-state index contributed by atoms with van der Waals surface area (Å²) in [6, 6.07) is 7.61. The number of ether oxygens (including phenoxy) is 2. The summed E-state index contributed by atoms with van der Waals surface area (Å²) < 4.78 is 12.2. The van der Waals surface area contributed by atoms with E-state index in [2.05, 4.69) is 20.7 Å². The number of aromatic nitrogens is 3. The molecule has 166 valence electrons. The zero-order chi connectivity index (χ0) is 23.0. The van der Waals surface area contributed by atoms with Crippen molar-refractivity contribution >= 4 is 52.3 Å². The van der Waals surface area contributed by atoms with E-state index in [0.29, 0.717) is 55.0 Å². The number of allylic oxidation sites excluding steroid dienone is 1. The van der Waals surface area contributed by atoms with Crippen LogP contribution in [0, 0.1) is 0 Å². The molecule has 11 heteroatoms. The van der Waals surface area contributed by atoms with Crippen LogP contribution >= 0.6 is 34.8 Å². The van der Waals surface area contributed by atoms with Crippen molar-refractivity contribution in [2.24, 2.45) is 0 Å². The van der Waals surface area contributed by atoms with Crippen molar-refractivity contribution in [3.8, 4) is 11.5 Å². The van der Waals surface area contributed by atoms with Crippen molar-refractivity contribution in [2.75, 3.05) is 24.9 Å². The van der Waals surface area contributed by atoms with Gasteiger partial charge in [0, 0.05) is 33.4 Å². The maximum atomic E-state index is 13.6. The molecule has 1 atom stereocenters. The molecule has 4 rings (SSSR count). The van der Waals surface area contributed by atoms with E-state index < -0.39 is 11.9 Å². The van der Waals surface area contributed by atoms with Gasteiger partial charge in [-0.25, -0.2) is 4.68 Å². The number of carbonyl (C=O) groups is 1. The van der Waals surface area contributed by atoms with E-state index in [4.69, 9.17) is 44.3 Å². The standard InChI is InChI=1S/C21H18Cl3N5O3/c1-10-18(20(30)28-15-8-16(31-2)14(24)7-17(15)32-3)19(29-21(27-10)25-9-26-29)12-5-4-11(22)6-13(12)23/h4-9,19H,1-3H3,(H,28,30)(H,25,26,27)/t19-/m0/s1. The Labute approximate surface area is 199 Å². The Bertz CT molecular complexity index is 1240. The zero-order valence-electron chi connectivity index (χ0n) is 17.2. The van der Waals surface area contributed by atoms with Crippen molar-refractivity contribution in [1.29, 1.82) is 0 Å². The Morgan fingerprint density at radius 1 is 1.09 bits per heavy atom. The summed E-state index contributed by atoms with van der Waals surface area (Å²) in [6.45, 7) is 1.78. The van der Waals surface area contributed by atoms with Gasteiger partial charge in [0.2, 0.25) is 5.95 Å². The number of fused-ring (bicyclic) bond motifs is 1. The number of benzene rings is 2. The van der Waals surface area contributed by atoms with Crippen molar-refractivity contribution in [1.82, 2.24) is 14.8 Å². The predicted molar refractivity (Wildman–Crippen MR) is 124 cm³/mol. The van der Waals surface area contributed by atoms with Gasteiger partial charge in [0.25, 0.3) is 5.91 Å². The van der Waals surface area contributed by atoms with Crippen molar-refractivity contribution in [3.63, 3.8) is 0 Å². The molecule has 0 radical (unpaired) electrons. The molecule has 0 aliphatic carbocycles. The van der Waals surface area contributed by atoms with Gasteiger partial charge in [-0.2, -0.15) is 10.1 Å². The predicted octanol–water partition coefficient (Wildman–Crippen LogP) is 5.18. The first-order valence-electron chi connectivity index (χ1n) is 9.39. The fourth-order valence-electron chi connectivity index (χ4n) is 3.54. The lowest BCUT2D eigenvalue weighted by molar-refractivity contribution is -0.113. The number of nitrogens with one attached hydrogen (secondary N) is 2. The first-order valence-corrected chi connectivity index (χ1v) is 10.5. The fourth-order valence-corrected chi connectivity index (χ4v) is 4.29. The third-order valence-electron chi connectivity index (χ3n) is 5.02. The minimum Gasteiger partial charge on any atom is -0.495 e. The number of carbonyl (C=O) groups excluding carboxylic acids is 1. The molecule has 3 aromatic rings. The Balaban J connectivity index is 1.79. The molecule has 0 bridgehead atoms. The van der Waals surface area contributed by atoms with Crippen molar-refractivity contribution in [2.45, 2.75) is 13.0 Å². The van der Waals surface area contributed by atoms with Crippen LogP contribution in [-0.4, -0.2) is 34.9 Å².